The molecule has 1 aromatic carbocycles. The van der Waals surface area contributed by atoms with Crippen LogP contribution in [0.15, 0.2) is 18.2 Å². The number of nitrogens with two attached hydrogens (primary N) is 1. The van der Waals surface area contributed by atoms with Gasteiger partial charge in [0, 0.05) is 16.9 Å². The fraction of sp³-hybridized carbons (Fsp3) is 0.438. The fourth-order valence-electron chi connectivity index (χ4n) is 1.56. The summed E-state index contributed by atoms with van der Waals surface area (Å²) in [6.45, 7) is 7.06. The van der Waals surface area contributed by atoms with Gasteiger partial charge in [0.15, 0.2) is 0 Å². The molecule has 0 aromatic heterocycles. The third-order valence-corrected chi connectivity index (χ3v) is 4.22. The molecule has 0 heterocycles. The average molecular weight is 290 g/mol. The Balaban J connectivity index is 2.94. The molecule has 3 nitrogen and oxygen atoms in total. The number of amides is 1. The molecule has 0 bridgehead atoms. The van der Waals surface area contributed by atoms with Crippen molar-refractivity contribution in [3.8, 4) is 11.8 Å². The number of carbonyl (C=O) groups excluding carboxylic acids is 1. The predicted molar refractivity (Wildman–Crippen MR) is 87.0 cm³/mol. The van der Waals surface area contributed by atoms with E-state index < -0.39 is 0 Å². The Morgan fingerprint density at radius 1 is 1.45 bits per heavy atom. The second kappa shape index (κ2) is 7.37. The van der Waals surface area contributed by atoms with Crippen LogP contribution in [0.2, 0.25) is 0 Å². The Morgan fingerprint density at radius 3 is 2.75 bits per heavy atom. The van der Waals surface area contributed by atoms with Gasteiger partial charge in [0.1, 0.15) is 0 Å². The van der Waals surface area contributed by atoms with Gasteiger partial charge in [-0.25, -0.2) is 0 Å². The van der Waals surface area contributed by atoms with Gasteiger partial charge in [-0.2, -0.15) is 11.8 Å². The van der Waals surface area contributed by atoms with Gasteiger partial charge in [0.2, 0.25) is 0 Å². The molecule has 0 atom stereocenters. The number of benzene rings is 1. The van der Waals surface area contributed by atoms with Crippen molar-refractivity contribution in [2.75, 3.05) is 19.3 Å². The van der Waals surface area contributed by atoms with Crippen LogP contribution in [-0.4, -0.2) is 30.0 Å². The fourth-order valence-corrected chi connectivity index (χ4v) is 1.78. The molecule has 0 radical (unpaired) electrons. The number of aryl methyl sites for hydroxylation is 1. The van der Waals surface area contributed by atoms with Gasteiger partial charge in [0.25, 0.3) is 5.91 Å². The highest BCUT2D eigenvalue weighted by atomic mass is 32.2. The van der Waals surface area contributed by atoms with Gasteiger partial charge < -0.3 is 11.1 Å². The van der Waals surface area contributed by atoms with Crippen molar-refractivity contribution >= 4 is 17.7 Å². The minimum atomic E-state index is -0.0860. The lowest BCUT2D eigenvalue weighted by Crippen LogP contribution is -2.36. The lowest BCUT2D eigenvalue weighted by Gasteiger charge is -2.22. The lowest BCUT2D eigenvalue weighted by atomic mass is 10.0. The van der Waals surface area contributed by atoms with Gasteiger partial charge in [-0.3, -0.25) is 4.79 Å². The molecule has 0 aliphatic heterocycles. The highest BCUT2D eigenvalue weighted by Crippen LogP contribution is 2.20. The topological polar surface area (TPSA) is 55.1 Å². The van der Waals surface area contributed by atoms with Crippen LogP contribution >= 0.6 is 11.8 Å². The maximum absolute atomic E-state index is 12.3. The molecule has 0 fully saturated rings. The molecule has 0 spiro atoms. The number of thioether (sulfide) groups is 1. The summed E-state index contributed by atoms with van der Waals surface area (Å²) >= 11 is 1.73. The van der Waals surface area contributed by atoms with E-state index in [-0.39, 0.29) is 17.2 Å². The van der Waals surface area contributed by atoms with Crippen LogP contribution < -0.4 is 11.1 Å². The maximum atomic E-state index is 12.3. The molecule has 1 amide bonds. The Kier molecular flexibility index (Phi) is 6.12. The highest BCUT2D eigenvalue weighted by Gasteiger charge is 2.18. The molecule has 0 aliphatic carbocycles. The highest BCUT2D eigenvalue weighted by molar-refractivity contribution is 7.99. The summed E-state index contributed by atoms with van der Waals surface area (Å²) in [6.07, 6.45) is 2.04. The van der Waals surface area contributed by atoms with Gasteiger partial charge in [-0.05, 0) is 39.2 Å². The predicted octanol–water partition coefficient (Wildman–Crippen LogP) is 2.18. The quantitative estimate of drug-likeness (QED) is 0.836. The number of hydrogen-bond acceptors (Lipinski definition) is 3. The van der Waals surface area contributed by atoms with Crippen molar-refractivity contribution in [3.63, 3.8) is 0 Å². The Labute approximate surface area is 125 Å². The Morgan fingerprint density at radius 2 is 2.15 bits per heavy atom. The lowest BCUT2D eigenvalue weighted by molar-refractivity contribution is 0.0950. The van der Waals surface area contributed by atoms with Crippen LogP contribution in [0.25, 0.3) is 0 Å². The van der Waals surface area contributed by atoms with E-state index in [9.17, 15) is 4.79 Å². The van der Waals surface area contributed by atoms with Gasteiger partial charge in [0.05, 0.1) is 12.1 Å². The van der Waals surface area contributed by atoms with E-state index in [2.05, 4.69) is 31.0 Å². The maximum Gasteiger partial charge on any atom is 0.252 e. The summed E-state index contributed by atoms with van der Waals surface area (Å²) in [7, 11) is 0. The number of rotatable bonds is 4. The van der Waals surface area contributed by atoms with E-state index in [4.69, 9.17) is 5.73 Å². The first-order valence-corrected chi connectivity index (χ1v) is 7.75. The van der Waals surface area contributed by atoms with Crippen LogP contribution in [0.3, 0.4) is 0 Å². The molecule has 108 valence electrons. The molecule has 1 aromatic rings. The zero-order valence-electron chi connectivity index (χ0n) is 12.5. The second-order valence-corrected chi connectivity index (χ2v) is 6.71. The molecule has 0 saturated carbocycles. The van der Waals surface area contributed by atoms with E-state index in [0.717, 1.165) is 11.1 Å². The normalized spacial score (nSPS) is 10.7. The van der Waals surface area contributed by atoms with E-state index in [1.807, 2.05) is 31.4 Å². The monoisotopic (exact) mass is 290 g/mol. The third kappa shape index (κ3) is 4.92. The zero-order valence-corrected chi connectivity index (χ0v) is 13.4. The molecule has 1 rings (SSSR count). The number of nitrogens with one attached hydrogen (secondary N) is 1. The SMILES string of the molecule is CSC(C)(C)CNC(=O)c1cc(C)ccc1C#CCN. The second-order valence-electron chi connectivity index (χ2n) is 5.20. The van der Waals surface area contributed by atoms with E-state index >= 15 is 0 Å². The summed E-state index contributed by atoms with van der Waals surface area (Å²) in [5.74, 6) is 5.66. The van der Waals surface area contributed by atoms with Crippen LogP contribution in [0.1, 0.15) is 35.3 Å². The minimum absolute atomic E-state index is 0.0165. The first kappa shape index (κ1) is 16.6. The third-order valence-electron chi connectivity index (χ3n) is 2.97. The first-order chi connectivity index (χ1) is 9.39. The molecule has 0 saturated heterocycles. The van der Waals surface area contributed by atoms with Crippen LogP contribution in [0.4, 0.5) is 0 Å². The first-order valence-electron chi connectivity index (χ1n) is 6.52. The van der Waals surface area contributed by atoms with Crippen molar-refractivity contribution in [2.45, 2.75) is 25.5 Å². The van der Waals surface area contributed by atoms with E-state index in [1.165, 1.54) is 0 Å². The summed E-state index contributed by atoms with van der Waals surface area (Å²) < 4.78 is 0.0165. The van der Waals surface area contributed by atoms with Crippen molar-refractivity contribution in [1.29, 1.82) is 0 Å². The molecule has 3 N–H and O–H groups in total. The Bertz CT molecular complexity index is 541. The van der Waals surface area contributed by atoms with Crippen molar-refractivity contribution in [1.82, 2.24) is 5.32 Å². The Hall–Kier alpha value is -1.44. The van der Waals surface area contributed by atoms with E-state index in [0.29, 0.717) is 12.1 Å². The van der Waals surface area contributed by atoms with Gasteiger partial charge >= 0.3 is 0 Å². The largest absolute Gasteiger partial charge is 0.351 e. The van der Waals surface area contributed by atoms with Crippen LogP contribution in [0, 0.1) is 18.8 Å². The number of carbonyl (C=O) groups is 1. The number of hydrogen-bond donors (Lipinski definition) is 2. The van der Waals surface area contributed by atoms with Crippen LogP contribution in [0.5, 0.6) is 0 Å². The van der Waals surface area contributed by atoms with Crippen molar-refractivity contribution in [3.05, 3.63) is 34.9 Å². The van der Waals surface area contributed by atoms with Gasteiger partial charge in [-0.1, -0.05) is 23.5 Å². The van der Waals surface area contributed by atoms with Crippen LogP contribution in [-0.2, 0) is 0 Å². The summed E-state index contributed by atoms with van der Waals surface area (Å²) in [5.41, 5.74) is 7.77. The van der Waals surface area contributed by atoms with E-state index in [1.54, 1.807) is 11.8 Å². The zero-order chi connectivity index (χ0) is 15.2. The summed E-state index contributed by atoms with van der Waals surface area (Å²) in [4.78, 5) is 12.3. The summed E-state index contributed by atoms with van der Waals surface area (Å²) in [5, 5.41) is 2.98. The molecule has 0 aliphatic rings. The smallest absolute Gasteiger partial charge is 0.252 e. The molecule has 4 heteroatoms. The molecule has 20 heavy (non-hydrogen) atoms. The molecule has 0 unspecified atom stereocenters. The van der Waals surface area contributed by atoms with Gasteiger partial charge in [-0.15, -0.1) is 0 Å². The molecular formula is C16H22N2OS. The van der Waals surface area contributed by atoms with Crippen molar-refractivity contribution in [2.24, 2.45) is 5.73 Å². The minimum Gasteiger partial charge on any atom is -0.351 e. The standard InChI is InChI=1S/C16H22N2OS/c1-12-7-8-13(6-5-9-17)14(10-12)15(19)18-11-16(2,3)20-4/h7-8,10H,9,11,17H2,1-4H3,(H,18,19). The van der Waals surface area contributed by atoms with Crippen molar-refractivity contribution < 1.29 is 4.79 Å². The summed E-state index contributed by atoms with van der Waals surface area (Å²) in [6, 6.07) is 5.68. The molecular weight excluding hydrogens is 268 g/mol. The average Bonchev–Trinajstić information content (AvgIpc) is 2.43.